The predicted octanol–water partition coefficient (Wildman–Crippen LogP) is 1.79. The van der Waals surface area contributed by atoms with E-state index in [9.17, 15) is 19.2 Å². The summed E-state index contributed by atoms with van der Waals surface area (Å²) in [5.41, 5.74) is 2.83. The second-order valence-electron chi connectivity index (χ2n) is 7.87. The number of thiazole rings is 1. The molecule has 162 valence electrons. The zero-order valence-corrected chi connectivity index (χ0v) is 17.9. The van der Waals surface area contributed by atoms with Crippen LogP contribution in [-0.2, 0) is 27.2 Å². The van der Waals surface area contributed by atoms with Gasteiger partial charge in [0.05, 0.1) is 12.1 Å². The Labute approximate surface area is 183 Å². The fourth-order valence-electron chi connectivity index (χ4n) is 3.67. The number of hydrogen-bond acceptors (Lipinski definition) is 6. The standard InChI is InChI=1S/C21H23N5O4S/c1-21(10-9-14-6-3-2-4-7-14)18(29)26(19(30)23-21)24-16(27)12-15-13-31-20(22-15)25-11-5-8-17(25)28/h2-4,6-7,13H,5,8-12H2,1H3,(H,23,30)(H,24,27)/t21-/m1/s1. The van der Waals surface area contributed by atoms with Crippen LogP contribution in [0.4, 0.5) is 9.93 Å². The molecule has 4 rings (SSSR count). The number of aryl methyl sites for hydroxylation is 1. The summed E-state index contributed by atoms with van der Waals surface area (Å²) in [6.45, 7) is 2.28. The minimum Gasteiger partial charge on any atom is -0.322 e. The Bertz CT molecular complexity index is 1020. The Morgan fingerprint density at radius 2 is 2.03 bits per heavy atom. The van der Waals surface area contributed by atoms with E-state index in [4.69, 9.17) is 0 Å². The number of amides is 5. The maximum Gasteiger partial charge on any atom is 0.344 e. The summed E-state index contributed by atoms with van der Waals surface area (Å²) in [6.07, 6.45) is 2.22. The highest BCUT2D eigenvalue weighted by Gasteiger charge is 2.48. The highest BCUT2D eigenvalue weighted by molar-refractivity contribution is 7.14. The minimum atomic E-state index is -1.09. The lowest BCUT2D eigenvalue weighted by Gasteiger charge is -2.21. The number of urea groups is 1. The summed E-state index contributed by atoms with van der Waals surface area (Å²) in [6, 6.07) is 9.02. The number of carbonyl (C=O) groups is 4. The maximum atomic E-state index is 12.8. The molecule has 2 fully saturated rings. The molecule has 5 amide bonds. The van der Waals surface area contributed by atoms with Gasteiger partial charge in [0.15, 0.2) is 5.13 Å². The van der Waals surface area contributed by atoms with E-state index in [-0.39, 0.29) is 12.3 Å². The van der Waals surface area contributed by atoms with Crippen molar-refractivity contribution in [3.8, 4) is 0 Å². The number of nitrogens with one attached hydrogen (secondary N) is 2. The average molecular weight is 442 g/mol. The second-order valence-corrected chi connectivity index (χ2v) is 8.71. The molecule has 2 N–H and O–H groups in total. The van der Waals surface area contributed by atoms with Gasteiger partial charge in [0, 0.05) is 18.3 Å². The Hall–Kier alpha value is -3.27. The molecule has 2 saturated heterocycles. The molecule has 2 aliphatic heterocycles. The van der Waals surface area contributed by atoms with Crippen LogP contribution in [0, 0.1) is 0 Å². The number of nitrogens with zero attached hydrogens (tertiary/aromatic N) is 3. The van der Waals surface area contributed by atoms with Crippen LogP contribution in [0.5, 0.6) is 0 Å². The smallest absolute Gasteiger partial charge is 0.322 e. The molecule has 0 saturated carbocycles. The molecule has 0 spiro atoms. The van der Waals surface area contributed by atoms with Gasteiger partial charge in [-0.2, -0.15) is 5.01 Å². The van der Waals surface area contributed by atoms with Gasteiger partial charge in [-0.3, -0.25) is 24.7 Å². The minimum absolute atomic E-state index is 0.0273. The van der Waals surface area contributed by atoms with E-state index in [1.54, 1.807) is 17.2 Å². The van der Waals surface area contributed by atoms with Gasteiger partial charge >= 0.3 is 6.03 Å². The number of benzene rings is 1. The number of hydrazine groups is 1. The zero-order chi connectivity index (χ0) is 22.0. The van der Waals surface area contributed by atoms with Crippen molar-refractivity contribution in [3.05, 3.63) is 47.0 Å². The Morgan fingerprint density at radius 1 is 1.26 bits per heavy atom. The van der Waals surface area contributed by atoms with Crippen molar-refractivity contribution in [1.29, 1.82) is 0 Å². The van der Waals surface area contributed by atoms with Gasteiger partial charge in [-0.15, -0.1) is 11.3 Å². The molecule has 1 aromatic heterocycles. The summed E-state index contributed by atoms with van der Waals surface area (Å²) in [5, 5.41) is 5.69. The molecule has 2 aliphatic rings. The molecule has 2 aromatic rings. The van der Waals surface area contributed by atoms with Crippen LogP contribution in [0.2, 0.25) is 0 Å². The van der Waals surface area contributed by atoms with E-state index in [2.05, 4.69) is 15.7 Å². The molecule has 3 heterocycles. The van der Waals surface area contributed by atoms with Crippen molar-refractivity contribution in [1.82, 2.24) is 20.7 Å². The van der Waals surface area contributed by atoms with Crippen LogP contribution < -0.4 is 15.6 Å². The van der Waals surface area contributed by atoms with E-state index < -0.39 is 23.4 Å². The SMILES string of the molecule is C[C@]1(CCc2ccccc2)NC(=O)N(NC(=O)Cc2csc(N3CCCC3=O)n2)C1=O. The summed E-state index contributed by atoms with van der Waals surface area (Å²) in [7, 11) is 0. The summed E-state index contributed by atoms with van der Waals surface area (Å²) in [5.74, 6) is -0.997. The summed E-state index contributed by atoms with van der Waals surface area (Å²) >= 11 is 1.29. The van der Waals surface area contributed by atoms with Gasteiger partial charge in [0.1, 0.15) is 5.54 Å². The highest BCUT2D eigenvalue weighted by atomic mass is 32.1. The van der Waals surface area contributed by atoms with Crippen molar-refractivity contribution in [2.45, 2.75) is 44.6 Å². The fourth-order valence-corrected chi connectivity index (χ4v) is 4.54. The van der Waals surface area contributed by atoms with Gasteiger partial charge < -0.3 is 5.32 Å². The Morgan fingerprint density at radius 3 is 2.74 bits per heavy atom. The van der Waals surface area contributed by atoms with Crippen molar-refractivity contribution in [2.24, 2.45) is 0 Å². The third-order valence-corrected chi connectivity index (χ3v) is 6.35. The second kappa shape index (κ2) is 8.46. The molecule has 1 atom stereocenters. The van der Waals surface area contributed by atoms with Gasteiger partial charge in [-0.25, -0.2) is 9.78 Å². The van der Waals surface area contributed by atoms with Crippen LogP contribution >= 0.6 is 11.3 Å². The van der Waals surface area contributed by atoms with Crippen LogP contribution in [0.15, 0.2) is 35.7 Å². The molecule has 0 radical (unpaired) electrons. The quantitative estimate of drug-likeness (QED) is 0.637. The molecule has 1 aromatic carbocycles. The maximum absolute atomic E-state index is 12.8. The van der Waals surface area contributed by atoms with E-state index in [1.165, 1.54) is 11.3 Å². The predicted molar refractivity (Wildman–Crippen MR) is 114 cm³/mol. The molecule has 0 aliphatic carbocycles. The normalized spacial score (nSPS) is 21.0. The first-order valence-corrected chi connectivity index (χ1v) is 11.0. The number of aromatic nitrogens is 1. The van der Waals surface area contributed by atoms with Crippen molar-refractivity contribution >= 4 is 40.2 Å². The van der Waals surface area contributed by atoms with E-state index in [0.717, 1.165) is 17.0 Å². The number of imide groups is 1. The highest BCUT2D eigenvalue weighted by Crippen LogP contribution is 2.26. The molecule has 0 bridgehead atoms. The lowest BCUT2D eigenvalue weighted by molar-refractivity contribution is -0.138. The first-order chi connectivity index (χ1) is 14.9. The Kier molecular flexibility index (Phi) is 5.73. The number of anilines is 1. The Balaban J connectivity index is 1.35. The fraction of sp³-hybridized carbons (Fsp3) is 0.381. The number of rotatable bonds is 7. The van der Waals surface area contributed by atoms with Gasteiger partial charge in [0.2, 0.25) is 11.8 Å². The third-order valence-electron chi connectivity index (χ3n) is 5.44. The average Bonchev–Trinajstić information content (AvgIpc) is 3.43. The van der Waals surface area contributed by atoms with Crippen LogP contribution in [-0.4, -0.2) is 45.8 Å². The summed E-state index contributed by atoms with van der Waals surface area (Å²) < 4.78 is 0. The van der Waals surface area contributed by atoms with E-state index >= 15 is 0 Å². The van der Waals surface area contributed by atoms with E-state index in [0.29, 0.717) is 36.6 Å². The van der Waals surface area contributed by atoms with Gasteiger partial charge in [-0.1, -0.05) is 30.3 Å². The third kappa shape index (κ3) is 4.43. The first-order valence-electron chi connectivity index (χ1n) is 10.1. The molecular formula is C21H23N5O4S. The van der Waals surface area contributed by atoms with Crippen LogP contribution in [0.1, 0.15) is 37.4 Å². The topological polar surface area (TPSA) is 112 Å². The molecule has 31 heavy (non-hydrogen) atoms. The lowest BCUT2D eigenvalue weighted by atomic mass is 9.93. The molecule has 0 unspecified atom stereocenters. The van der Waals surface area contributed by atoms with Crippen LogP contribution in [0.25, 0.3) is 0 Å². The summed E-state index contributed by atoms with van der Waals surface area (Å²) in [4.78, 5) is 55.4. The van der Waals surface area contributed by atoms with Gasteiger partial charge in [0.25, 0.3) is 5.91 Å². The number of carbonyl (C=O) groups excluding carboxylic acids is 4. The van der Waals surface area contributed by atoms with Crippen molar-refractivity contribution in [2.75, 3.05) is 11.4 Å². The zero-order valence-electron chi connectivity index (χ0n) is 17.1. The molecule has 10 heteroatoms. The first kappa shape index (κ1) is 21.0. The van der Waals surface area contributed by atoms with Gasteiger partial charge in [-0.05, 0) is 31.7 Å². The monoisotopic (exact) mass is 441 g/mol. The van der Waals surface area contributed by atoms with Crippen molar-refractivity contribution in [3.63, 3.8) is 0 Å². The largest absolute Gasteiger partial charge is 0.344 e. The van der Waals surface area contributed by atoms with E-state index in [1.807, 2.05) is 30.3 Å². The number of hydrogen-bond donors (Lipinski definition) is 2. The lowest BCUT2D eigenvalue weighted by Crippen LogP contribution is -2.49. The van der Waals surface area contributed by atoms with Crippen LogP contribution in [0.3, 0.4) is 0 Å². The van der Waals surface area contributed by atoms with Crippen molar-refractivity contribution < 1.29 is 19.2 Å². The molecular weight excluding hydrogens is 418 g/mol. The molecule has 9 nitrogen and oxygen atoms in total.